The fourth-order valence-electron chi connectivity index (χ4n) is 7.19. The molecule has 0 bridgehead atoms. The summed E-state index contributed by atoms with van der Waals surface area (Å²) in [6.07, 6.45) is 0. The zero-order valence-electron chi connectivity index (χ0n) is 23.8. The summed E-state index contributed by atoms with van der Waals surface area (Å²) in [6.45, 7) is 7.78. The Morgan fingerprint density at radius 2 is 0.955 bits per heavy atom. The summed E-state index contributed by atoms with van der Waals surface area (Å²) < 4.78 is 0. The third kappa shape index (κ3) is 3.44. The number of aromatic nitrogens is 1. The van der Waals surface area contributed by atoms with Crippen LogP contribution in [0.2, 0.25) is 0 Å². The number of benzene rings is 8. The van der Waals surface area contributed by atoms with Gasteiger partial charge in [-0.1, -0.05) is 140 Å². The number of nitrogens with zero attached hydrogens (tertiary/aromatic N) is 2. The minimum absolute atomic E-state index is 0.675. The van der Waals surface area contributed by atoms with Crippen LogP contribution >= 0.6 is 0 Å². The maximum Gasteiger partial charge on any atom is 0.194 e. The molecule has 202 valence electrons. The average molecular weight is 557 g/mol. The summed E-state index contributed by atoms with van der Waals surface area (Å²) in [7, 11) is 0. The lowest BCUT2D eigenvalue weighted by Crippen LogP contribution is -1.95. The highest BCUT2D eigenvalue weighted by Gasteiger charge is 2.21. The van der Waals surface area contributed by atoms with Gasteiger partial charge < -0.3 is 0 Å². The highest BCUT2D eigenvalue weighted by molar-refractivity contribution is 6.28. The second-order valence-electron chi connectivity index (χ2n) is 11.3. The number of rotatable bonds is 2. The predicted octanol–water partition coefficient (Wildman–Crippen LogP) is 11.9. The van der Waals surface area contributed by atoms with Crippen LogP contribution in [0.5, 0.6) is 0 Å². The Morgan fingerprint density at radius 1 is 0.409 bits per heavy atom. The van der Waals surface area contributed by atoms with Crippen molar-refractivity contribution in [1.29, 1.82) is 0 Å². The summed E-state index contributed by atoms with van der Waals surface area (Å²) in [6, 6.07) is 51.4. The van der Waals surface area contributed by atoms with Gasteiger partial charge in [0.15, 0.2) is 5.69 Å². The lowest BCUT2D eigenvalue weighted by atomic mass is 9.84. The molecule has 9 rings (SSSR count). The first-order valence-electron chi connectivity index (χ1n) is 14.9. The zero-order valence-corrected chi connectivity index (χ0v) is 23.8. The van der Waals surface area contributed by atoms with E-state index in [1.165, 1.54) is 37.9 Å². The smallest absolute Gasteiger partial charge is 0.194 e. The molecule has 9 aromatic rings. The van der Waals surface area contributed by atoms with Crippen molar-refractivity contribution in [1.82, 2.24) is 4.98 Å². The van der Waals surface area contributed by atoms with E-state index in [1.807, 2.05) is 12.1 Å². The largest absolute Gasteiger partial charge is 0.247 e. The topological polar surface area (TPSA) is 17.2 Å². The van der Waals surface area contributed by atoms with Crippen LogP contribution < -0.4 is 0 Å². The van der Waals surface area contributed by atoms with E-state index in [0.717, 1.165) is 49.3 Å². The molecule has 8 aromatic carbocycles. The maximum atomic E-state index is 7.78. The Bertz CT molecular complexity index is 2600. The van der Waals surface area contributed by atoms with Crippen molar-refractivity contribution in [3.63, 3.8) is 0 Å². The van der Waals surface area contributed by atoms with Crippen LogP contribution in [-0.4, -0.2) is 4.98 Å². The van der Waals surface area contributed by atoms with Crippen LogP contribution in [0.3, 0.4) is 0 Å². The number of fused-ring (bicyclic) bond motifs is 8. The Labute approximate surface area is 254 Å². The fraction of sp³-hybridized carbons (Fsp3) is 0. The van der Waals surface area contributed by atoms with Crippen molar-refractivity contribution < 1.29 is 0 Å². The number of hydrogen-bond acceptors (Lipinski definition) is 1. The third-order valence-electron chi connectivity index (χ3n) is 9.05. The lowest BCUT2D eigenvalue weighted by Gasteiger charge is -2.20. The van der Waals surface area contributed by atoms with Crippen molar-refractivity contribution in [2.24, 2.45) is 0 Å². The van der Waals surface area contributed by atoms with Gasteiger partial charge in [0.1, 0.15) is 0 Å². The van der Waals surface area contributed by atoms with E-state index in [4.69, 9.17) is 11.6 Å². The SMILES string of the molecule is [C-]#[N+]c1ccc(-c2c3ccccc3c(-c3nc4ccccc4c4c3ccc3ccccc34)c3ccccc23)c2ccccc12. The predicted molar refractivity (Wildman–Crippen MR) is 186 cm³/mol. The molecular weight excluding hydrogens is 532 g/mol. The molecule has 0 aliphatic heterocycles. The average Bonchev–Trinajstić information content (AvgIpc) is 3.09. The molecule has 0 amide bonds. The number of hydrogen-bond donors (Lipinski definition) is 0. The van der Waals surface area contributed by atoms with E-state index >= 15 is 0 Å². The molecular formula is C42H24N2. The molecule has 0 spiro atoms. The molecule has 0 aliphatic rings. The van der Waals surface area contributed by atoms with Crippen LogP contribution in [0.15, 0.2) is 146 Å². The molecule has 0 fully saturated rings. The van der Waals surface area contributed by atoms with Crippen LogP contribution in [0.1, 0.15) is 0 Å². The van der Waals surface area contributed by atoms with E-state index in [0.29, 0.717) is 5.69 Å². The molecule has 0 aliphatic carbocycles. The summed E-state index contributed by atoms with van der Waals surface area (Å²) in [5.74, 6) is 0. The van der Waals surface area contributed by atoms with Gasteiger partial charge in [-0.3, -0.25) is 0 Å². The van der Waals surface area contributed by atoms with Gasteiger partial charge in [0.25, 0.3) is 0 Å². The van der Waals surface area contributed by atoms with E-state index in [1.54, 1.807) is 0 Å². The highest BCUT2D eigenvalue weighted by Crippen LogP contribution is 2.48. The van der Waals surface area contributed by atoms with Crippen LogP contribution in [-0.2, 0) is 0 Å². The second kappa shape index (κ2) is 9.49. The molecule has 2 nitrogen and oxygen atoms in total. The Hall–Kier alpha value is -6.04. The molecule has 0 unspecified atom stereocenters. The minimum Gasteiger partial charge on any atom is -0.247 e. The van der Waals surface area contributed by atoms with Crippen molar-refractivity contribution in [2.45, 2.75) is 0 Å². The van der Waals surface area contributed by atoms with Crippen molar-refractivity contribution in [3.8, 4) is 22.4 Å². The minimum atomic E-state index is 0.675. The first-order valence-corrected chi connectivity index (χ1v) is 14.9. The Balaban J connectivity index is 1.49. The molecule has 0 radical (unpaired) electrons. The molecule has 44 heavy (non-hydrogen) atoms. The molecule has 0 N–H and O–H groups in total. The van der Waals surface area contributed by atoms with Crippen LogP contribution in [0.4, 0.5) is 5.69 Å². The summed E-state index contributed by atoms with van der Waals surface area (Å²) in [5.41, 5.74) is 6.13. The maximum absolute atomic E-state index is 7.78. The van der Waals surface area contributed by atoms with Gasteiger partial charge in [-0.15, -0.1) is 0 Å². The van der Waals surface area contributed by atoms with Crippen molar-refractivity contribution in [2.75, 3.05) is 0 Å². The van der Waals surface area contributed by atoms with Gasteiger partial charge in [0, 0.05) is 21.7 Å². The quantitative estimate of drug-likeness (QED) is 0.118. The van der Waals surface area contributed by atoms with Crippen LogP contribution in [0.25, 0.3) is 92.0 Å². The summed E-state index contributed by atoms with van der Waals surface area (Å²) in [4.78, 5) is 9.25. The molecule has 0 atom stereocenters. The molecule has 1 heterocycles. The number of para-hydroxylation sites is 1. The summed E-state index contributed by atoms with van der Waals surface area (Å²) >= 11 is 0. The molecule has 2 heteroatoms. The molecule has 0 saturated heterocycles. The fourth-order valence-corrected chi connectivity index (χ4v) is 7.19. The molecule has 1 aromatic heterocycles. The first-order chi connectivity index (χ1) is 21.8. The zero-order chi connectivity index (χ0) is 29.2. The van der Waals surface area contributed by atoms with Gasteiger partial charge in [-0.25, -0.2) is 9.83 Å². The van der Waals surface area contributed by atoms with Gasteiger partial charge in [-0.2, -0.15) is 0 Å². The second-order valence-corrected chi connectivity index (χ2v) is 11.3. The van der Waals surface area contributed by atoms with Crippen molar-refractivity contribution in [3.05, 3.63) is 157 Å². The molecule has 0 saturated carbocycles. The monoisotopic (exact) mass is 556 g/mol. The van der Waals surface area contributed by atoms with Gasteiger partial charge in [-0.05, 0) is 60.3 Å². The normalized spacial score (nSPS) is 11.6. The van der Waals surface area contributed by atoms with Gasteiger partial charge in [0.2, 0.25) is 0 Å². The first kappa shape index (κ1) is 24.5. The summed E-state index contributed by atoms with van der Waals surface area (Å²) in [5, 5.41) is 12.8. The van der Waals surface area contributed by atoms with Gasteiger partial charge in [0.05, 0.1) is 17.8 Å². The Morgan fingerprint density at radius 3 is 1.64 bits per heavy atom. The standard InChI is InChI=1S/C42H24N2/c1-43-37-25-24-34(28-14-4-5-15-29(28)37)40-30-16-6-8-18-32(30)41(33-19-9-7-17-31(33)40)42-36-23-22-26-12-2-3-13-27(26)39(36)35-20-10-11-21-38(35)44-42/h2-25H. The van der Waals surface area contributed by atoms with E-state index < -0.39 is 0 Å². The van der Waals surface area contributed by atoms with Crippen LogP contribution in [0, 0.1) is 6.57 Å². The van der Waals surface area contributed by atoms with E-state index in [9.17, 15) is 0 Å². The Kier molecular flexibility index (Phi) is 5.30. The van der Waals surface area contributed by atoms with E-state index in [2.05, 4.69) is 138 Å². The van der Waals surface area contributed by atoms with E-state index in [-0.39, 0.29) is 0 Å². The number of pyridine rings is 1. The van der Waals surface area contributed by atoms with Gasteiger partial charge >= 0.3 is 0 Å². The van der Waals surface area contributed by atoms with Crippen molar-refractivity contribution >= 4 is 70.5 Å². The lowest BCUT2D eigenvalue weighted by molar-refractivity contribution is 1.45. The highest BCUT2D eigenvalue weighted by atomic mass is 14.7. The third-order valence-corrected chi connectivity index (χ3v) is 9.05.